The zero-order valence-electron chi connectivity index (χ0n) is 8.78. The number of benzene rings is 1. The number of hydrogen-bond acceptors (Lipinski definition) is 1. The van der Waals surface area contributed by atoms with E-state index in [0.717, 1.165) is 0 Å². The molecule has 0 aliphatic rings. The normalized spacial score (nSPS) is 11.9. The van der Waals surface area contributed by atoms with Gasteiger partial charge in [0.1, 0.15) is 5.82 Å². The molecule has 0 radical (unpaired) electrons. The van der Waals surface area contributed by atoms with E-state index in [4.69, 9.17) is 11.6 Å². The van der Waals surface area contributed by atoms with Crippen LogP contribution in [-0.4, -0.2) is 5.11 Å². The van der Waals surface area contributed by atoms with Gasteiger partial charge in [0.2, 0.25) is 0 Å². The highest BCUT2D eigenvalue weighted by Gasteiger charge is 2.25. The number of hydrogen-bond donors (Lipinski definition) is 1. The Hall–Kier alpha value is -0.600. The Bertz CT molecular complexity index is 340. The van der Waals surface area contributed by atoms with Gasteiger partial charge in [0, 0.05) is 10.6 Å². The fraction of sp³-hybridized carbons (Fsp3) is 0.455. The second kappa shape index (κ2) is 3.52. The number of halogens is 2. The van der Waals surface area contributed by atoms with Crippen molar-refractivity contribution < 1.29 is 9.50 Å². The first kappa shape index (κ1) is 11.5. The van der Waals surface area contributed by atoms with Gasteiger partial charge in [-0.25, -0.2) is 4.39 Å². The van der Waals surface area contributed by atoms with Crippen molar-refractivity contribution in [2.24, 2.45) is 0 Å². The third-order valence-corrected chi connectivity index (χ3v) is 2.65. The molecule has 0 aliphatic carbocycles. The molecule has 0 bridgehead atoms. The maximum atomic E-state index is 13.7. The fourth-order valence-electron chi connectivity index (χ4n) is 1.57. The van der Waals surface area contributed by atoms with Crippen molar-refractivity contribution in [2.45, 2.75) is 33.3 Å². The van der Waals surface area contributed by atoms with Crippen molar-refractivity contribution in [1.82, 2.24) is 0 Å². The van der Waals surface area contributed by atoms with Crippen LogP contribution in [0.1, 0.15) is 30.5 Å². The Balaban J connectivity index is 3.56. The van der Waals surface area contributed by atoms with Gasteiger partial charge >= 0.3 is 0 Å². The second-order valence-electron chi connectivity index (χ2n) is 4.05. The molecule has 3 heteroatoms. The first-order chi connectivity index (χ1) is 6.25. The molecular formula is C11H14ClFO. The monoisotopic (exact) mass is 216 g/mol. The fourth-order valence-corrected chi connectivity index (χ4v) is 1.83. The molecular weight excluding hydrogens is 203 g/mol. The van der Waals surface area contributed by atoms with Gasteiger partial charge in [0.15, 0.2) is 0 Å². The predicted molar refractivity (Wildman–Crippen MR) is 56.1 cm³/mol. The van der Waals surface area contributed by atoms with E-state index in [2.05, 4.69) is 0 Å². The molecule has 0 atom stereocenters. The van der Waals surface area contributed by atoms with Crippen molar-refractivity contribution in [2.75, 3.05) is 0 Å². The van der Waals surface area contributed by atoms with Crippen molar-refractivity contribution in [3.05, 3.63) is 33.6 Å². The molecule has 0 saturated carbocycles. The molecule has 1 rings (SSSR count). The van der Waals surface area contributed by atoms with Crippen LogP contribution < -0.4 is 0 Å². The first-order valence-electron chi connectivity index (χ1n) is 4.43. The van der Waals surface area contributed by atoms with E-state index < -0.39 is 5.60 Å². The van der Waals surface area contributed by atoms with Crippen LogP contribution >= 0.6 is 11.6 Å². The number of rotatable bonds is 1. The Kier molecular flexibility index (Phi) is 2.88. The van der Waals surface area contributed by atoms with E-state index in [1.807, 2.05) is 0 Å². The Morgan fingerprint density at radius 2 is 1.86 bits per heavy atom. The molecule has 0 aliphatic heterocycles. The summed E-state index contributed by atoms with van der Waals surface area (Å²) in [5.41, 5.74) is 0.131. The lowest BCUT2D eigenvalue weighted by molar-refractivity contribution is 0.0737. The minimum absolute atomic E-state index is 0.280. The second-order valence-corrected chi connectivity index (χ2v) is 4.46. The maximum absolute atomic E-state index is 13.7. The van der Waals surface area contributed by atoms with E-state index in [9.17, 15) is 9.50 Å². The van der Waals surface area contributed by atoms with Gasteiger partial charge in [-0.2, -0.15) is 0 Å². The Labute approximate surface area is 88.5 Å². The quantitative estimate of drug-likeness (QED) is 0.764. The molecule has 14 heavy (non-hydrogen) atoms. The lowest BCUT2D eigenvalue weighted by Gasteiger charge is -2.22. The summed E-state index contributed by atoms with van der Waals surface area (Å²) in [4.78, 5) is 0. The lowest BCUT2D eigenvalue weighted by atomic mass is 9.91. The minimum atomic E-state index is -1.20. The molecule has 1 aromatic carbocycles. The lowest BCUT2D eigenvalue weighted by Crippen LogP contribution is -2.20. The van der Waals surface area contributed by atoms with Gasteiger partial charge < -0.3 is 5.11 Å². The van der Waals surface area contributed by atoms with Crippen LogP contribution in [0.25, 0.3) is 0 Å². The van der Waals surface area contributed by atoms with Crippen LogP contribution in [0.4, 0.5) is 4.39 Å². The third-order valence-electron chi connectivity index (χ3n) is 2.25. The van der Waals surface area contributed by atoms with E-state index in [1.54, 1.807) is 33.8 Å². The standard InChI is InChI=1S/C11H14ClFO/c1-6-5-8(12)7(2)9(10(6)13)11(3,4)14/h5,14H,1-4H3. The SMILES string of the molecule is Cc1cc(Cl)c(C)c(C(C)(C)O)c1F. The summed E-state index contributed by atoms with van der Waals surface area (Å²) in [7, 11) is 0. The van der Waals surface area contributed by atoms with Gasteiger partial charge in [0.25, 0.3) is 0 Å². The molecule has 0 unspecified atom stereocenters. The zero-order chi connectivity index (χ0) is 11.1. The van der Waals surface area contributed by atoms with Gasteiger partial charge in [-0.1, -0.05) is 11.6 Å². The van der Waals surface area contributed by atoms with Crippen molar-refractivity contribution >= 4 is 11.6 Å². The molecule has 0 saturated heterocycles. The summed E-state index contributed by atoms with van der Waals surface area (Å²) < 4.78 is 13.7. The van der Waals surface area contributed by atoms with Crippen LogP contribution in [-0.2, 0) is 5.60 Å². The Morgan fingerprint density at radius 1 is 1.36 bits per heavy atom. The van der Waals surface area contributed by atoms with E-state index in [1.165, 1.54) is 0 Å². The summed E-state index contributed by atoms with van der Waals surface area (Å²) in [6.07, 6.45) is 0. The maximum Gasteiger partial charge on any atom is 0.132 e. The largest absolute Gasteiger partial charge is 0.386 e. The number of aliphatic hydroxyl groups is 1. The minimum Gasteiger partial charge on any atom is -0.386 e. The summed E-state index contributed by atoms with van der Waals surface area (Å²) in [5.74, 6) is -0.376. The molecule has 0 fully saturated rings. The highest BCUT2D eigenvalue weighted by Crippen LogP contribution is 2.32. The molecule has 1 aromatic rings. The van der Waals surface area contributed by atoms with Gasteiger partial charge in [-0.15, -0.1) is 0 Å². The molecule has 0 spiro atoms. The smallest absolute Gasteiger partial charge is 0.132 e. The average molecular weight is 217 g/mol. The summed E-state index contributed by atoms with van der Waals surface area (Å²) in [5, 5.41) is 10.3. The van der Waals surface area contributed by atoms with E-state index >= 15 is 0 Å². The highest BCUT2D eigenvalue weighted by atomic mass is 35.5. The van der Waals surface area contributed by atoms with Gasteiger partial charge in [0.05, 0.1) is 5.60 Å². The molecule has 1 N–H and O–H groups in total. The highest BCUT2D eigenvalue weighted by molar-refractivity contribution is 6.31. The Morgan fingerprint density at radius 3 is 2.29 bits per heavy atom. The van der Waals surface area contributed by atoms with E-state index in [-0.39, 0.29) is 11.4 Å². The first-order valence-corrected chi connectivity index (χ1v) is 4.81. The van der Waals surface area contributed by atoms with Crippen molar-refractivity contribution in [3.8, 4) is 0 Å². The van der Waals surface area contributed by atoms with Gasteiger partial charge in [-0.05, 0) is 44.9 Å². The number of aryl methyl sites for hydroxylation is 1. The van der Waals surface area contributed by atoms with E-state index in [0.29, 0.717) is 16.1 Å². The molecule has 78 valence electrons. The van der Waals surface area contributed by atoms with Crippen LogP contribution in [0.2, 0.25) is 5.02 Å². The van der Waals surface area contributed by atoms with Gasteiger partial charge in [-0.3, -0.25) is 0 Å². The third kappa shape index (κ3) is 1.91. The summed E-state index contributed by atoms with van der Waals surface area (Å²) in [6.45, 7) is 6.44. The average Bonchev–Trinajstić information content (AvgIpc) is 1.98. The van der Waals surface area contributed by atoms with Crippen LogP contribution in [0.3, 0.4) is 0 Å². The topological polar surface area (TPSA) is 20.2 Å². The zero-order valence-corrected chi connectivity index (χ0v) is 9.54. The van der Waals surface area contributed by atoms with Crippen LogP contribution in [0, 0.1) is 19.7 Å². The molecule has 0 amide bonds. The van der Waals surface area contributed by atoms with Crippen LogP contribution in [0.5, 0.6) is 0 Å². The summed E-state index contributed by atoms with van der Waals surface area (Å²) in [6, 6.07) is 1.57. The van der Waals surface area contributed by atoms with Crippen LogP contribution in [0.15, 0.2) is 6.07 Å². The van der Waals surface area contributed by atoms with Crippen molar-refractivity contribution in [3.63, 3.8) is 0 Å². The predicted octanol–water partition coefficient (Wildman–Crippen LogP) is 3.32. The van der Waals surface area contributed by atoms with Crippen molar-refractivity contribution in [1.29, 1.82) is 0 Å². The summed E-state index contributed by atoms with van der Waals surface area (Å²) >= 11 is 5.92. The molecule has 0 aromatic heterocycles. The molecule has 0 heterocycles. The molecule has 1 nitrogen and oxygen atoms in total.